The molecule has 0 aromatic rings. The van der Waals surface area contributed by atoms with Gasteiger partial charge in [-0.2, -0.15) is 0 Å². The summed E-state index contributed by atoms with van der Waals surface area (Å²) in [6.07, 6.45) is -1.01. The van der Waals surface area contributed by atoms with E-state index < -0.39 is 35.9 Å². The summed E-state index contributed by atoms with van der Waals surface area (Å²) in [6.45, 7) is 10.6. The number of hydrogen-bond acceptors (Lipinski definition) is 6. The van der Waals surface area contributed by atoms with Crippen LogP contribution in [-0.2, 0) is 19.1 Å². The fourth-order valence-corrected chi connectivity index (χ4v) is 2.54. The molecule has 1 rings (SSSR count). The summed E-state index contributed by atoms with van der Waals surface area (Å²) < 4.78 is 10.9. The van der Waals surface area contributed by atoms with Crippen LogP contribution in [0.15, 0.2) is 12.7 Å². The smallest absolute Gasteiger partial charge is 0.305 e. The fourth-order valence-electron chi connectivity index (χ4n) is 2.54. The predicted molar refractivity (Wildman–Crippen MR) is 92.7 cm³/mol. The number of carbonyl (C=O) groups excluding carboxylic acids is 2. The molecule has 1 aliphatic heterocycles. The molecule has 0 aliphatic carbocycles. The van der Waals surface area contributed by atoms with Gasteiger partial charge in [-0.15, -0.1) is 6.58 Å². The highest BCUT2D eigenvalue weighted by Gasteiger charge is 2.45. The Hall–Kier alpha value is -1.44. The molecule has 7 heteroatoms. The van der Waals surface area contributed by atoms with E-state index in [0.29, 0.717) is 12.8 Å². The van der Waals surface area contributed by atoms with E-state index in [1.165, 1.54) is 0 Å². The molecule has 1 fully saturated rings. The Labute approximate surface area is 149 Å². The van der Waals surface area contributed by atoms with Crippen molar-refractivity contribution >= 4 is 11.9 Å². The standard InChI is InChI=1S/C18H31NO6/c1-6-8-11-14(19-17(23)18(3,4)5)16(22)15(21)12(25-11)10-24-13(20)9-7-2/h6,11-12,14-16,21-22H,1,7-10H2,2-5H3,(H,19,23)/t11-,12-,14-,15-,16-/m1/s1. The first kappa shape index (κ1) is 21.6. The van der Waals surface area contributed by atoms with Crippen LogP contribution in [0.5, 0.6) is 0 Å². The predicted octanol–water partition coefficient (Wildman–Crippen LogP) is 0.926. The van der Waals surface area contributed by atoms with E-state index in [9.17, 15) is 19.8 Å². The molecule has 0 bridgehead atoms. The molecule has 0 aromatic carbocycles. The van der Waals surface area contributed by atoms with Gasteiger partial charge in [-0.25, -0.2) is 0 Å². The van der Waals surface area contributed by atoms with Crippen LogP contribution in [0.2, 0.25) is 0 Å². The van der Waals surface area contributed by atoms with Gasteiger partial charge >= 0.3 is 5.97 Å². The molecule has 0 unspecified atom stereocenters. The number of esters is 1. The van der Waals surface area contributed by atoms with Crippen LogP contribution in [0.3, 0.4) is 0 Å². The zero-order valence-electron chi connectivity index (χ0n) is 15.5. The Balaban J connectivity index is 2.81. The Morgan fingerprint density at radius 1 is 1.24 bits per heavy atom. The lowest BCUT2D eigenvalue weighted by molar-refractivity contribution is -0.201. The third-order valence-electron chi connectivity index (χ3n) is 4.09. The fraction of sp³-hybridized carbons (Fsp3) is 0.778. The highest BCUT2D eigenvalue weighted by molar-refractivity contribution is 5.81. The van der Waals surface area contributed by atoms with Gasteiger partial charge in [-0.05, 0) is 12.8 Å². The Morgan fingerprint density at radius 3 is 2.40 bits per heavy atom. The molecule has 1 aliphatic rings. The summed E-state index contributed by atoms with van der Waals surface area (Å²) >= 11 is 0. The summed E-state index contributed by atoms with van der Waals surface area (Å²) in [6, 6.07) is -0.776. The molecule has 7 nitrogen and oxygen atoms in total. The van der Waals surface area contributed by atoms with Crippen LogP contribution in [0.25, 0.3) is 0 Å². The van der Waals surface area contributed by atoms with Gasteiger partial charge < -0.3 is 25.0 Å². The van der Waals surface area contributed by atoms with E-state index in [1.54, 1.807) is 26.8 Å². The van der Waals surface area contributed by atoms with E-state index in [1.807, 2.05) is 6.92 Å². The summed E-state index contributed by atoms with van der Waals surface area (Å²) in [5.41, 5.74) is -0.643. The van der Waals surface area contributed by atoms with E-state index in [4.69, 9.17) is 9.47 Å². The maximum absolute atomic E-state index is 12.2. The average Bonchev–Trinajstić information content (AvgIpc) is 2.52. The number of ether oxygens (including phenoxy) is 2. The minimum atomic E-state index is -1.28. The van der Waals surface area contributed by atoms with Crippen LogP contribution in [0, 0.1) is 5.41 Å². The molecule has 1 amide bonds. The summed E-state index contributed by atoms with van der Waals surface area (Å²) in [5.74, 6) is -0.634. The van der Waals surface area contributed by atoms with Crippen molar-refractivity contribution in [2.24, 2.45) is 5.41 Å². The van der Waals surface area contributed by atoms with Crippen LogP contribution in [0.1, 0.15) is 47.0 Å². The lowest BCUT2D eigenvalue weighted by atomic mass is 9.89. The molecule has 25 heavy (non-hydrogen) atoms. The van der Waals surface area contributed by atoms with Gasteiger partial charge in [-0.3, -0.25) is 9.59 Å². The molecule has 0 aromatic heterocycles. The second-order valence-electron chi connectivity index (χ2n) is 7.40. The first-order chi connectivity index (χ1) is 11.6. The van der Waals surface area contributed by atoms with Gasteiger partial charge in [0.15, 0.2) is 0 Å². The van der Waals surface area contributed by atoms with Gasteiger partial charge in [0.1, 0.15) is 24.9 Å². The molecule has 0 saturated carbocycles. The summed E-state index contributed by atoms with van der Waals surface area (Å²) in [4.78, 5) is 23.8. The van der Waals surface area contributed by atoms with E-state index in [2.05, 4.69) is 11.9 Å². The SMILES string of the molecule is C=CC[C@H]1O[C@H](COC(=O)CCC)[C@@H](O)[C@H](O)[C@@H]1NC(=O)C(C)(C)C. The van der Waals surface area contributed by atoms with Gasteiger partial charge in [0.25, 0.3) is 0 Å². The Bertz CT molecular complexity index is 473. The third-order valence-corrected chi connectivity index (χ3v) is 4.09. The number of amides is 1. The molecule has 1 saturated heterocycles. The van der Waals surface area contributed by atoms with Crippen molar-refractivity contribution in [3.63, 3.8) is 0 Å². The molecular weight excluding hydrogens is 326 g/mol. The van der Waals surface area contributed by atoms with Crippen molar-refractivity contribution in [2.45, 2.75) is 77.4 Å². The zero-order valence-corrected chi connectivity index (χ0v) is 15.5. The lowest BCUT2D eigenvalue weighted by Crippen LogP contribution is -2.65. The molecule has 1 heterocycles. The average molecular weight is 357 g/mol. The number of hydrogen-bond donors (Lipinski definition) is 3. The number of carbonyl (C=O) groups is 2. The minimum absolute atomic E-state index is 0.148. The van der Waals surface area contributed by atoms with Crippen LogP contribution < -0.4 is 5.32 Å². The summed E-state index contributed by atoms with van der Waals surface area (Å²) in [7, 11) is 0. The largest absolute Gasteiger partial charge is 0.463 e. The van der Waals surface area contributed by atoms with Crippen molar-refractivity contribution in [3.05, 3.63) is 12.7 Å². The first-order valence-electron chi connectivity index (χ1n) is 8.70. The Morgan fingerprint density at radius 2 is 1.88 bits per heavy atom. The van der Waals surface area contributed by atoms with Gasteiger partial charge in [0, 0.05) is 11.8 Å². The van der Waals surface area contributed by atoms with Crippen molar-refractivity contribution in [1.29, 1.82) is 0 Å². The minimum Gasteiger partial charge on any atom is -0.463 e. The van der Waals surface area contributed by atoms with Gasteiger partial charge in [-0.1, -0.05) is 33.8 Å². The van der Waals surface area contributed by atoms with E-state index in [-0.39, 0.29) is 24.9 Å². The van der Waals surface area contributed by atoms with Crippen molar-refractivity contribution < 1.29 is 29.3 Å². The van der Waals surface area contributed by atoms with Gasteiger partial charge in [0.05, 0.1) is 12.1 Å². The van der Waals surface area contributed by atoms with Crippen LogP contribution >= 0.6 is 0 Å². The number of aliphatic hydroxyl groups is 2. The molecule has 0 radical (unpaired) electrons. The quantitative estimate of drug-likeness (QED) is 0.462. The number of aliphatic hydroxyl groups excluding tert-OH is 2. The van der Waals surface area contributed by atoms with Crippen LogP contribution in [0.4, 0.5) is 0 Å². The van der Waals surface area contributed by atoms with Gasteiger partial charge in [0.2, 0.25) is 5.91 Å². The molecule has 144 valence electrons. The molecule has 5 atom stereocenters. The number of rotatable bonds is 7. The topological polar surface area (TPSA) is 105 Å². The zero-order chi connectivity index (χ0) is 19.2. The lowest BCUT2D eigenvalue weighted by Gasteiger charge is -2.43. The van der Waals surface area contributed by atoms with E-state index >= 15 is 0 Å². The normalized spacial score (nSPS) is 29.8. The van der Waals surface area contributed by atoms with Crippen molar-refractivity contribution in [2.75, 3.05) is 6.61 Å². The van der Waals surface area contributed by atoms with Crippen molar-refractivity contribution in [1.82, 2.24) is 5.32 Å². The molecular formula is C18H31NO6. The Kier molecular flexibility index (Phi) is 8.05. The second kappa shape index (κ2) is 9.31. The second-order valence-corrected chi connectivity index (χ2v) is 7.40. The highest BCUT2D eigenvalue weighted by atomic mass is 16.6. The maximum atomic E-state index is 12.2. The third kappa shape index (κ3) is 6.09. The monoisotopic (exact) mass is 357 g/mol. The van der Waals surface area contributed by atoms with E-state index in [0.717, 1.165) is 0 Å². The molecule has 0 spiro atoms. The highest BCUT2D eigenvalue weighted by Crippen LogP contribution is 2.25. The molecule has 3 N–H and O–H groups in total. The number of nitrogens with one attached hydrogen (secondary N) is 1. The van der Waals surface area contributed by atoms with Crippen molar-refractivity contribution in [3.8, 4) is 0 Å². The van der Waals surface area contributed by atoms with Crippen LogP contribution in [-0.4, -0.2) is 59.2 Å². The maximum Gasteiger partial charge on any atom is 0.305 e. The first-order valence-corrected chi connectivity index (χ1v) is 8.70. The summed E-state index contributed by atoms with van der Waals surface area (Å²) in [5, 5.41) is 23.5.